The van der Waals surface area contributed by atoms with Crippen LogP contribution in [0.2, 0.25) is 0 Å². The van der Waals surface area contributed by atoms with E-state index in [1.165, 1.54) is 0 Å². The zero-order valence-electron chi connectivity index (χ0n) is 8.00. The first kappa shape index (κ1) is 8.81. The van der Waals surface area contributed by atoms with Crippen LogP contribution >= 0.6 is 0 Å². The van der Waals surface area contributed by atoms with Crippen molar-refractivity contribution in [2.45, 2.75) is 13.8 Å². The Kier molecular flexibility index (Phi) is 1.81. The molecule has 3 heteroatoms. The summed E-state index contributed by atoms with van der Waals surface area (Å²) in [7, 11) is 0. The summed E-state index contributed by atoms with van der Waals surface area (Å²) in [6.45, 7) is 3.49. The Labute approximate surface area is 80.6 Å². The molecule has 2 rings (SSSR count). The lowest BCUT2D eigenvalue weighted by atomic mass is 10.1. The molecule has 0 aliphatic heterocycles. The van der Waals surface area contributed by atoms with Gasteiger partial charge in [-0.05, 0) is 31.5 Å². The number of hydrogen-bond donors (Lipinski definition) is 1. The minimum absolute atomic E-state index is 0.258. The SMILES string of the molecule is Cc1ccc2c(=O)c(O)c(C)oc2c1. The van der Waals surface area contributed by atoms with Gasteiger partial charge in [-0.1, -0.05) is 6.07 Å². The number of fused-ring (bicyclic) bond motifs is 1. The zero-order chi connectivity index (χ0) is 10.3. The van der Waals surface area contributed by atoms with Crippen molar-refractivity contribution in [3.8, 4) is 5.75 Å². The Morgan fingerprint density at radius 1 is 1.29 bits per heavy atom. The van der Waals surface area contributed by atoms with Crippen molar-refractivity contribution in [2.75, 3.05) is 0 Å². The largest absolute Gasteiger partial charge is 0.502 e. The van der Waals surface area contributed by atoms with Crippen molar-refractivity contribution in [2.24, 2.45) is 0 Å². The van der Waals surface area contributed by atoms with Gasteiger partial charge in [0.25, 0.3) is 0 Å². The van der Waals surface area contributed by atoms with E-state index in [2.05, 4.69) is 0 Å². The Morgan fingerprint density at radius 2 is 2.00 bits per heavy atom. The zero-order valence-corrected chi connectivity index (χ0v) is 8.00. The summed E-state index contributed by atoms with van der Waals surface area (Å²) in [5.74, 6) is -0.0468. The van der Waals surface area contributed by atoms with Crippen molar-refractivity contribution in [3.05, 3.63) is 39.7 Å². The van der Waals surface area contributed by atoms with Crippen molar-refractivity contribution in [3.63, 3.8) is 0 Å². The maximum atomic E-state index is 11.6. The van der Waals surface area contributed by atoms with Crippen molar-refractivity contribution in [1.82, 2.24) is 0 Å². The first-order valence-electron chi connectivity index (χ1n) is 4.32. The maximum absolute atomic E-state index is 11.6. The monoisotopic (exact) mass is 190 g/mol. The molecule has 0 radical (unpaired) electrons. The van der Waals surface area contributed by atoms with E-state index < -0.39 is 0 Å². The molecule has 0 fully saturated rings. The van der Waals surface area contributed by atoms with Gasteiger partial charge in [0.1, 0.15) is 11.3 Å². The highest BCUT2D eigenvalue weighted by Gasteiger charge is 2.09. The van der Waals surface area contributed by atoms with Gasteiger partial charge in [0.05, 0.1) is 5.39 Å². The molecule has 0 amide bonds. The first-order valence-corrected chi connectivity index (χ1v) is 4.32. The van der Waals surface area contributed by atoms with Crippen molar-refractivity contribution < 1.29 is 9.52 Å². The van der Waals surface area contributed by atoms with Crippen molar-refractivity contribution in [1.29, 1.82) is 0 Å². The Bertz CT molecular complexity index is 552. The van der Waals surface area contributed by atoms with Crippen LogP contribution in [-0.2, 0) is 0 Å². The van der Waals surface area contributed by atoms with Gasteiger partial charge in [-0.2, -0.15) is 0 Å². The highest BCUT2D eigenvalue weighted by atomic mass is 16.4. The van der Waals surface area contributed by atoms with Crippen LogP contribution in [-0.4, -0.2) is 5.11 Å². The quantitative estimate of drug-likeness (QED) is 0.692. The van der Waals surface area contributed by atoms with Crippen LogP contribution in [0, 0.1) is 13.8 Å². The Hall–Kier alpha value is -1.77. The highest BCUT2D eigenvalue weighted by Crippen LogP contribution is 2.19. The van der Waals surface area contributed by atoms with E-state index in [1.54, 1.807) is 19.1 Å². The normalized spacial score (nSPS) is 10.7. The standard InChI is InChI=1S/C11H10O3/c1-6-3-4-8-9(5-6)14-7(2)10(12)11(8)13/h3-5,12H,1-2H3. The molecule has 3 nitrogen and oxygen atoms in total. The molecule has 1 aromatic carbocycles. The second-order valence-corrected chi connectivity index (χ2v) is 3.34. The second kappa shape index (κ2) is 2.87. The number of hydrogen-bond acceptors (Lipinski definition) is 3. The third-order valence-corrected chi connectivity index (χ3v) is 2.19. The van der Waals surface area contributed by atoms with E-state index in [0.717, 1.165) is 5.56 Å². The van der Waals surface area contributed by atoms with Gasteiger partial charge in [-0.3, -0.25) is 4.79 Å². The minimum atomic E-state index is -0.372. The Balaban J connectivity index is 2.98. The Morgan fingerprint density at radius 3 is 2.71 bits per heavy atom. The van der Waals surface area contributed by atoms with Crippen LogP contribution in [0.25, 0.3) is 11.0 Å². The summed E-state index contributed by atoms with van der Waals surface area (Å²) in [5, 5.41) is 9.78. The van der Waals surface area contributed by atoms with Crippen molar-refractivity contribution >= 4 is 11.0 Å². The van der Waals surface area contributed by atoms with Gasteiger partial charge in [-0.15, -0.1) is 0 Å². The molecule has 0 aliphatic rings. The maximum Gasteiger partial charge on any atom is 0.234 e. The smallest absolute Gasteiger partial charge is 0.234 e. The predicted octanol–water partition coefficient (Wildman–Crippen LogP) is 2.12. The summed E-state index contributed by atoms with van der Waals surface area (Å²) in [6.07, 6.45) is 0. The average molecular weight is 190 g/mol. The average Bonchev–Trinajstić information content (AvgIpc) is 2.14. The van der Waals surface area contributed by atoms with E-state index in [-0.39, 0.29) is 16.9 Å². The lowest BCUT2D eigenvalue weighted by Crippen LogP contribution is -2.02. The van der Waals surface area contributed by atoms with E-state index in [9.17, 15) is 9.90 Å². The molecule has 72 valence electrons. The van der Waals surface area contributed by atoms with E-state index >= 15 is 0 Å². The van der Waals surface area contributed by atoms with E-state index in [0.29, 0.717) is 11.0 Å². The molecule has 0 bridgehead atoms. The molecular formula is C11H10O3. The highest BCUT2D eigenvalue weighted by molar-refractivity contribution is 5.78. The second-order valence-electron chi connectivity index (χ2n) is 3.34. The molecule has 2 aromatic rings. The van der Waals surface area contributed by atoms with Crippen LogP contribution in [0.5, 0.6) is 5.75 Å². The van der Waals surface area contributed by atoms with Gasteiger partial charge in [0.2, 0.25) is 11.2 Å². The molecular weight excluding hydrogens is 180 g/mol. The van der Waals surface area contributed by atoms with Crippen LogP contribution in [0.1, 0.15) is 11.3 Å². The van der Waals surface area contributed by atoms with Crippen LogP contribution in [0.15, 0.2) is 27.4 Å². The summed E-state index contributed by atoms with van der Waals surface area (Å²) in [4.78, 5) is 11.6. The number of rotatable bonds is 0. The molecule has 0 saturated heterocycles. The summed E-state index contributed by atoms with van der Waals surface area (Å²) in [5.41, 5.74) is 1.17. The molecule has 0 spiro atoms. The molecule has 1 N–H and O–H groups in total. The minimum Gasteiger partial charge on any atom is -0.502 e. The van der Waals surface area contributed by atoms with Crippen LogP contribution < -0.4 is 5.43 Å². The van der Waals surface area contributed by atoms with Gasteiger partial charge in [0.15, 0.2) is 0 Å². The fourth-order valence-corrected chi connectivity index (χ4v) is 1.40. The predicted molar refractivity (Wildman–Crippen MR) is 53.6 cm³/mol. The molecule has 0 unspecified atom stereocenters. The molecule has 0 aliphatic carbocycles. The third-order valence-electron chi connectivity index (χ3n) is 2.19. The first-order chi connectivity index (χ1) is 6.59. The molecule has 0 atom stereocenters. The number of aryl methyl sites for hydroxylation is 2. The summed E-state index contributed by atoms with van der Waals surface area (Å²) in [6, 6.07) is 5.26. The molecule has 0 saturated carbocycles. The van der Waals surface area contributed by atoms with E-state index in [1.807, 2.05) is 13.0 Å². The van der Waals surface area contributed by atoms with Gasteiger partial charge in [0, 0.05) is 0 Å². The van der Waals surface area contributed by atoms with Crippen LogP contribution in [0.3, 0.4) is 0 Å². The number of aromatic hydroxyl groups is 1. The molecule has 1 aromatic heterocycles. The van der Waals surface area contributed by atoms with E-state index in [4.69, 9.17) is 4.42 Å². The third kappa shape index (κ3) is 1.18. The molecule has 14 heavy (non-hydrogen) atoms. The van der Waals surface area contributed by atoms with Crippen LogP contribution in [0.4, 0.5) is 0 Å². The molecule has 1 heterocycles. The fourth-order valence-electron chi connectivity index (χ4n) is 1.40. The lowest BCUT2D eigenvalue weighted by molar-refractivity contribution is 0.427. The summed E-state index contributed by atoms with van der Waals surface area (Å²) >= 11 is 0. The lowest BCUT2D eigenvalue weighted by Gasteiger charge is -2.01. The van der Waals surface area contributed by atoms with Gasteiger partial charge in [-0.25, -0.2) is 0 Å². The van der Waals surface area contributed by atoms with Gasteiger partial charge >= 0.3 is 0 Å². The van der Waals surface area contributed by atoms with Gasteiger partial charge < -0.3 is 9.52 Å². The summed E-state index contributed by atoms with van der Waals surface area (Å²) < 4.78 is 5.30. The number of benzene rings is 1. The topological polar surface area (TPSA) is 50.4 Å². The fraction of sp³-hybridized carbons (Fsp3) is 0.182.